The number of morpholine rings is 1. The topological polar surface area (TPSA) is 99.6 Å². The fourth-order valence-electron chi connectivity index (χ4n) is 4.28. The van der Waals surface area contributed by atoms with Gasteiger partial charge in [0.15, 0.2) is 0 Å². The van der Waals surface area contributed by atoms with Crippen molar-refractivity contribution in [3.05, 3.63) is 59.7 Å². The fraction of sp³-hybridized carbons (Fsp3) is 0.458. The molecule has 2 heterocycles. The molecule has 2 aliphatic heterocycles. The number of benzene rings is 2. The number of aryl methyl sites for hydroxylation is 2. The van der Waals surface area contributed by atoms with Crippen LogP contribution in [0.1, 0.15) is 18.1 Å². The predicted molar refractivity (Wildman–Crippen MR) is 134 cm³/mol. The van der Waals surface area contributed by atoms with Crippen LogP contribution in [0, 0.1) is 13.8 Å². The van der Waals surface area contributed by atoms with Crippen LogP contribution in [0.4, 0.5) is 0 Å². The van der Waals surface area contributed by atoms with Crippen molar-refractivity contribution in [2.24, 2.45) is 4.40 Å². The van der Waals surface area contributed by atoms with Crippen LogP contribution in [0.15, 0.2) is 62.7 Å². The van der Waals surface area contributed by atoms with Crippen molar-refractivity contribution in [3.63, 3.8) is 0 Å². The van der Waals surface area contributed by atoms with Crippen LogP contribution in [-0.2, 0) is 24.8 Å². The van der Waals surface area contributed by atoms with Gasteiger partial charge in [0, 0.05) is 26.2 Å². The molecule has 9 nitrogen and oxygen atoms in total. The van der Waals surface area contributed by atoms with E-state index >= 15 is 0 Å². The highest BCUT2D eigenvalue weighted by molar-refractivity contribution is 7.90. The van der Waals surface area contributed by atoms with Crippen molar-refractivity contribution < 1.29 is 21.6 Å². The van der Waals surface area contributed by atoms with Crippen LogP contribution in [0.5, 0.6) is 0 Å². The Morgan fingerprint density at radius 1 is 0.857 bits per heavy atom. The Morgan fingerprint density at radius 3 is 1.97 bits per heavy atom. The number of sulfonamides is 2. The summed E-state index contributed by atoms with van der Waals surface area (Å²) in [4.78, 5) is 4.19. The van der Waals surface area contributed by atoms with E-state index in [1.165, 1.54) is 4.31 Å². The molecule has 2 fully saturated rings. The van der Waals surface area contributed by atoms with Crippen LogP contribution in [0.2, 0.25) is 0 Å². The first-order chi connectivity index (χ1) is 16.6. The highest BCUT2D eigenvalue weighted by atomic mass is 32.2. The second kappa shape index (κ2) is 10.4. The molecular formula is C24H32N4O5S2. The highest BCUT2D eigenvalue weighted by Gasteiger charge is 2.39. The Kier molecular flexibility index (Phi) is 7.62. The van der Waals surface area contributed by atoms with Gasteiger partial charge >= 0.3 is 0 Å². The van der Waals surface area contributed by atoms with Crippen molar-refractivity contribution >= 4 is 25.9 Å². The summed E-state index contributed by atoms with van der Waals surface area (Å²) in [5.74, 6) is 0.335. The van der Waals surface area contributed by atoms with Crippen molar-refractivity contribution in [1.82, 2.24) is 14.1 Å². The van der Waals surface area contributed by atoms with Gasteiger partial charge in [0.05, 0.1) is 35.7 Å². The van der Waals surface area contributed by atoms with E-state index < -0.39 is 26.2 Å². The van der Waals surface area contributed by atoms with Gasteiger partial charge in [0.25, 0.3) is 10.0 Å². The number of hydrogen-bond acceptors (Lipinski definition) is 6. The van der Waals surface area contributed by atoms with E-state index in [1.807, 2.05) is 13.8 Å². The molecule has 1 atom stereocenters. The van der Waals surface area contributed by atoms with E-state index in [9.17, 15) is 16.8 Å². The van der Waals surface area contributed by atoms with Gasteiger partial charge in [-0.3, -0.25) is 4.90 Å². The van der Waals surface area contributed by atoms with E-state index in [1.54, 1.807) is 60.4 Å². The lowest BCUT2D eigenvalue weighted by molar-refractivity contribution is 0.0439. The zero-order chi connectivity index (χ0) is 25.2. The SMILES string of the molecule is Cc1ccc(S(=O)(=O)N=C(CN2CCOCC2)N2CCN(S(=O)(=O)c3ccc(C)cc3)[C@@H]2C)cc1. The molecule has 2 saturated heterocycles. The summed E-state index contributed by atoms with van der Waals surface area (Å²) in [6.07, 6.45) is -0.589. The molecule has 0 aliphatic carbocycles. The molecule has 0 aromatic heterocycles. The summed E-state index contributed by atoms with van der Waals surface area (Å²) in [5.41, 5.74) is 1.92. The summed E-state index contributed by atoms with van der Waals surface area (Å²) in [5, 5.41) is 0. The molecule has 4 rings (SSSR count). The van der Waals surface area contributed by atoms with E-state index in [2.05, 4.69) is 9.30 Å². The van der Waals surface area contributed by atoms with Gasteiger partial charge in [-0.15, -0.1) is 4.40 Å². The summed E-state index contributed by atoms with van der Waals surface area (Å²) in [6, 6.07) is 13.3. The quantitative estimate of drug-likeness (QED) is 0.425. The second-order valence-corrected chi connectivity index (χ2v) is 12.4. The molecule has 0 unspecified atom stereocenters. The van der Waals surface area contributed by atoms with Crippen molar-refractivity contribution in [3.8, 4) is 0 Å². The third-order valence-corrected chi connectivity index (χ3v) is 9.69. The van der Waals surface area contributed by atoms with E-state index in [-0.39, 0.29) is 22.9 Å². The molecule has 2 aromatic rings. The van der Waals surface area contributed by atoms with Gasteiger partial charge in [0.1, 0.15) is 5.84 Å². The minimum atomic E-state index is -3.98. The number of hydrogen-bond donors (Lipinski definition) is 0. The average Bonchev–Trinajstić information content (AvgIpc) is 3.22. The largest absolute Gasteiger partial charge is 0.379 e. The summed E-state index contributed by atoms with van der Waals surface area (Å²) >= 11 is 0. The van der Waals surface area contributed by atoms with Crippen molar-refractivity contribution in [1.29, 1.82) is 0 Å². The van der Waals surface area contributed by atoms with Crippen LogP contribution < -0.4 is 0 Å². The lowest BCUT2D eigenvalue weighted by atomic mass is 10.2. The first-order valence-corrected chi connectivity index (χ1v) is 14.5. The number of amidine groups is 1. The van der Waals surface area contributed by atoms with Crippen molar-refractivity contribution in [2.45, 2.75) is 36.7 Å². The Morgan fingerprint density at radius 2 is 1.40 bits per heavy atom. The van der Waals surface area contributed by atoms with Crippen LogP contribution in [0.3, 0.4) is 0 Å². The molecule has 35 heavy (non-hydrogen) atoms. The van der Waals surface area contributed by atoms with Crippen LogP contribution in [-0.4, -0.2) is 88.9 Å². The van der Waals surface area contributed by atoms with E-state index in [0.29, 0.717) is 38.7 Å². The molecule has 0 saturated carbocycles. The summed E-state index contributed by atoms with van der Waals surface area (Å²) < 4.78 is 64.2. The predicted octanol–water partition coefficient (Wildman–Crippen LogP) is 2.08. The Balaban J connectivity index is 1.66. The maximum atomic E-state index is 13.4. The van der Waals surface area contributed by atoms with E-state index in [4.69, 9.17) is 4.74 Å². The van der Waals surface area contributed by atoms with Gasteiger partial charge in [-0.1, -0.05) is 35.4 Å². The minimum Gasteiger partial charge on any atom is -0.379 e. The van der Waals surface area contributed by atoms with Crippen LogP contribution >= 0.6 is 0 Å². The Bertz CT molecular complexity index is 1270. The van der Waals surface area contributed by atoms with E-state index in [0.717, 1.165) is 11.1 Å². The number of rotatable bonds is 6. The molecule has 0 bridgehead atoms. The maximum absolute atomic E-state index is 13.4. The second-order valence-electron chi connectivity index (χ2n) is 8.94. The van der Waals surface area contributed by atoms with Gasteiger partial charge in [-0.2, -0.15) is 12.7 Å². The standard InChI is InChI=1S/C24H32N4O5S2/c1-19-4-8-22(9-5-19)34(29,30)25-24(18-26-14-16-33-17-15-26)27-12-13-28(21(27)3)35(31,32)23-10-6-20(2)7-11-23/h4-11,21H,12-18H2,1-3H3/t21-/m1/s1. The monoisotopic (exact) mass is 520 g/mol. The van der Waals surface area contributed by atoms with Crippen molar-refractivity contribution in [2.75, 3.05) is 45.9 Å². The molecule has 2 aromatic carbocycles. The molecule has 0 amide bonds. The smallest absolute Gasteiger partial charge is 0.283 e. The first-order valence-electron chi connectivity index (χ1n) is 11.6. The van der Waals surface area contributed by atoms with Gasteiger partial charge in [-0.25, -0.2) is 8.42 Å². The van der Waals surface area contributed by atoms with Crippen LogP contribution in [0.25, 0.3) is 0 Å². The maximum Gasteiger partial charge on any atom is 0.283 e. The third-order valence-electron chi connectivity index (χ3n) is 6.40. The third kappa shape index (κ3) is 5.75. The number of ether oxygens (including phenoxy) is 1. The van der Waals surface area contributed by atoms with Gasteiger partial charge in [-0.05, 0) is 45.0 Å². The summed E-state index contributed by atoms with van der Waals surface area (Å²) in [7, 11) is -7.73. The molecule has 2 aliphatic rings. The Hall–Kier alpha value is -2.31. The lowest BCUT2D eigenvalue weighted by Crippen LogP contribution is -2.48. The van der Waals surface area contributed by atoms with Gasteiger partial charge in [0.2, 0.25) is 10.0 Å². The first kappa shape index (κ1) is 25.8. The van der Waals surface area contributed by atoms with Gasteiger partial charge < -0.3 is 9.64 Å². The Labute approximate surface area is 208 Å². The summed E-state index contributed by atoms with van der Waals surface area (Å²) in [6.45, 7) is 8.85. The molecular weight excluding hydrogens is 488 g/mol. The molecule has 0 radical (unpaired) electrons. The number of nitrogens with zero attached hydrogens (tertiary/aromatic N) is 4. The zero-order valence-corrected chi connectivity index (χ0v) is 21.9. The normalized spacial score (nSPS) is 20.9. The minimum absolute atomic E-state index is 0.110. The average molecular weight is 521 g/mol. The highest BCUT2D eigenvalue weighted by Crippen LogP contribution is 2.26. The molecule has 190 valence electrons. The fourth-order valence-corrected chi connectivity index (χ4v) is 6.89. The molecule has 0 spiro atoms. The lowest BCUT2D eigenvalue weighted by Gasteiger charge is -2.33. The molecule has 0 N–H and O–H groups in total. The molecule has 11 heteroatoms. The zero-order valence-electron chi connectivity index (χ0n) is 20.3.